The van der Waals surface area contributed by atoms with Gasteiger partial charge in [-0.2, -0.15) is 12.6 Å². The third-order valence-corrected chi connectivity index (χ3v) is 4.11. The predicted octanol–water partition coefficient (Wildman–Crippen LogP) is 2.63. The Balaban J connectivity index is 1.85. The van der Waals surface area contributed by atoms with Gasteiger partial charge in [0, 0.05) is 24.6 Å². The van der Waals surface area contributed by atoms with Crippen LogP contribution < -0.4 is 9.64 Å². The minimum atomic E-state index is 0.0578. The molecule has 0 bridgehead atoms. The standard InChI is InChI=1S/C15H16N2O3S/c1-19-12-4-2-3-11(6-12)13-7-15(20-16-13)17-8-10(9-21)5-14(17)18/h2-4,6-7,10,21H,5,8-9H2,1H3. The molecule has 1 aliphatic rings. The molecule has 0 aliphatic carbocycles. The fraction of sp³-hybridized carbons (Fsp3) is 0.333. The SMILES string of the molecule is COc1cccc(-c2cc(N3CC(CS)CC3=O)on2)c1. The summed E-state index contributed by atoms with van der Waals surface area (Å²) in [6, 6.07) is 9.34. The lowest BCUT2D eigenvalue weighted by atomic mass is 10.1. The molecule has 1 aromatic heterocycles. The molecule has 1 saturated heterocycles. The molecule has 1 fully saturated rings. The quantitative estimate of drug-likeness (QED) is 0.882. The van der Waals surface area contributed by atoms with E-state index in [1.54, 1.807) is 18.1 Å². The van der Waals surface area contributed by atoms with Crippen LogP contribution in [0.25, 0.3) is 11.3 Å². The van der Waals surface area contributed by atoms with Crippen molar-refractivity contribution < 1.29 is 14.1 Å². The molecule has 6 heteroatoms. The summed E-state index contributed by atoms with van der Waals surface area (Å²) in [6.07, 6.45) is 0.513. The van der Waals surface area contributed by atoms with E-state index in [9.17, 15) is 4.79 Å². The molecule has 1 aromatic carbocycles. The van der Waals surface area contributed by atoms with Crippen LogP contribution in [0, 0.1) is 5.92 Å². The van der Waals surface area contributed by atoms with Crippen LogP contribution in [0.1, 0.15) is 6.42 Å². The van der Waals surface area contributed by atoms with Crippen molar-refractivity contribution >= 4 is 24.4 Å². The summed E-state index contributed by atoms with van der Waals surface area (Å²) in [7, 11) is 1.62. The molecule has 3 rings (SSSR count). The normalized spacial score (nSPS) is 18.3. The lowest BCUT2D eigenvalue weighted by Crippen LogP contribution is -2.24. The number of methoxy groups -OCH3 is 1. The average molecular weight is 304 g/mol. The Bertz CT molecular complexity index is 656. The van der Waals surface area contributed by atoms with Crippen molar-refractivity contribution in [2.45, 2.75) is 6.42 Å². The van der Waals surface area contributed by atoms with Crippen molar-refractivity contribution in [3.63, 3.8) is 0 Å². The van der Waals surface area contributed by atoms with Gasteiger partial charge in [0.15, 0.2) is 0 Å². The van der Waals surface area contributed by atoms with E-state index in [4.69, 9.17) is 9.26 Å². The second-order valence-electron chi connectivity index (χ2n) is 5.04. The smallest absolute Gasteiger partial charge is 0.234 e. The molecule has 2 aromatic rings. The predicted molar refractivity (Wildman–Crippen MR) is 82.8 cm³/mol. The zero-order valence-corrected chi connectivity index (χ0v) is 12.5. The maximum atomic E-state index is 12.0. The third-order valence-electron chi connectivity index (χ3n) is 3.59. The van der Waals surface area contributed by atoms with Gasteiger partial charge in [-0.3, -0.25) is 9.69 Å². The summed E-state index contributed by atoms with van der Waals surface area (Å²) >= 11 is 4.25. The maximum absolute atomic E-state index is 12.0. The number of carbonyl (C=O) groups excluding carboxylic acids is 1. The van der Waals surface area contributed by atoms with Gasteiger partial charge >= 0.3 is 0 Å². The van der Waals surface area contributed by atoms with E-state index >= 15 is 0 Å². The zero-order chi connectivity index (χ0) is 14.8. The van der Waals surface area contributed by atoms with Crippen molar-refractivity contribution in [1.29, 1.82) is 0 Å². The number of ether oxygens (including phenoxy) is 1. The van der Waals surface area contributed by atoms with E-state index in [1.807, 2.05) is 24.3 Å². The van der Waals surface area contributed by atoms with Gasteiger partial charge in [0.2, 0.25) is 11.8 Å². The number of thiol groups is 1. The molecule has 1 aliphatic heterocycles. The summed E-state index contributed by atoms with van der Waals surface area (Å²) in [5.74, 6) is 2.26. The summed E-state index contributed by atoms with van der Waals surface area (Å²) in [6.45, 7) is 0.634. The van der Waals surface area contributed by atoms with Gasteiger partial charge < -0.3 is 9.26 Å². The van der Waals surface area contributed by atoms with Crippen LogP contribution in [0.5, 0.6) is 5.75 Å². The highest BCUT2D eigenvalue weighted by atomic mass is 32.1. The number of amides is 1. The summed E-state index contributed by atoms with van der Waals surface area (Å²) in [5.41, 5.74) is 1.58. The molecule has 1 unspecified atom stereocenters. The Labute approximate surface area is 128 Å². The van der Waals surface area contributed by atoms with Crippen LogP contribution in [-0.4, -0.2) is 30.5 Å². The second-order valence-corrected chi connectivity index (χ2v) is 5.40. The molecule has 0 N–H and O–H groups in total. The number of hydrogen-bond acceptors (Lipinski definition) is 5. The van der Waals surface area contributed by atoms with E-state index in [0.29, 0.717) is 30.3 Å². The van der Waals surface area contributed by atoms with Crippen LogP contribution in [0.3, 0.4) is 0 Å². The van der Waals surface area contributed by atoms with Crippen LogP contribution in [0.4, 0.5) is 5.88 Å². The molecule has 1 amide bonds. The number of nitrogens with zero attached hydrogens (tertiary/aromatic N) is 2. The van der Waals surface area contributed by atoms with Crippen LogP contribution in [-0.2, 0) is 4.79 Å². The number of aromatic nitrogens is 1. The van der Waals surface area contributed by atoms with Crippen molar-refractivity contribution in [3.05, 3.63) is 30.3 Å². The molecule has 1 atom stereocenters. The molecule has 110 valence electrons. The molecule has 2 heterocycles. The minimum absolute atomic E-state index is 0.0578. The van der Waals surface area contributed by atoms with Gasteiger partial charge in [0.1, 0.15) is 11.4 Å². The molecule has 21 heavy (non-hydrogen) atoms. The first-order chi connectivity index (χ1) is 10.2. The van der Waals surface area contributed by atoms with Crippen LogP contribution in [0.15, 0.2) is 34.9 Å². The topological polar surface area (TPSA) is 55.6 Å². The lowest BCUT2D eigenvalue weighted by molar-refractivity contribution is -0.117. The highest BCUT2D eigenvalue weighted by Crippen LogP contribution is 2.30. The third kappa shape index (κ3) is 2.76. The molecular formula is C15H16N2O3S. The van der Waals surface area contributed by atoms with E-state index in [-0.39, 0.29) is 11.8 Å². The molecule has 5 nitrogen and oxygen atoms in total. The second kappa shape index (κ2) is 5.81. The highest BCUT2D eigenvalue weighted by molar-refractivity contribution is 7.80. The van der Waals surface area contributed by atoms with Crippen LogP contribution in [0.2, 0.25) is 0 Å². The fourth-order valence-corrected chi connectivity index (χ4v) is 2.67. The van der Waals surface area contributed by atoms with Crippen LogP contribution >= 0.6 is 12.6 Å². The van der Waals surface area contributed by atoms with Crippen molar-refractivity contribution in [3.8, 4) is 17.0 Å². The fourth-order valence-electron chi connectivity index (χ4n) is 2.43. The zero-order valence-electron chi connectivity index (χ0n) is 11.7. The van der Waals surface area contributed by atoms with E-state index in [1.165, 1.54) is 0 Å². The Kier molecular flexibility index (Phi) is 3.88. The van der Waals surface area contributed by atoms with Crippen molar-refractivity contribution in [1.82, 2.24) is 5.16 Å². The number of carbonyl (C=O) groups is 1. The number of rotatable bonds is 4. The number of anilines is 1. The first kappa shape index (κ1) is 14.0. The largest absolute Gasteiger partial charge is 0.497 e. The van der Waals surface area contributed by atoms with Gasteiger partial charge in [-0.15, -0.1) is 0 Å². The first-order valence-corrected chi connectivity index (χ1v) is 7.37. The summed E-state index contributed by atoms with van der Waals surface area (Å²) < 4.78 is 10.5. The van der Waals surface area contributed by atoms with Crippen molar-refractivity contribution in [2.24, 2.45) is 5.92 Å². The van der Waals surface area contributed by atoms with Gasteiger partial charge in [0.25, 0.3) is 0 Å². The summed E-state index contributed by atoms with van der Waals surface area (Å²) in [4.78, 5) is 13.6. The monoisotopic (exact) mass is 304 g/mol. The molecule has 0 saturated carbocycles. The minimum Gasteiger partial charge on any atom is -0.497 e. The molecule has 0 spiro atoms. The number of benzene rings is 1. The Morgan fingerprint density at radius 3 is 3.05 bits per heavy atom. The van der Waals surface area contributed by atoms with Gasteiger partial charge in [-0.25, -0.2) is 0 Å². The Morgan fingerprint density at radius 2 is 2.33 bits per heavy atom. The van der Waals surface area contributed by atoms with E-state index < -0.39 is 0 Å². The van der Waals surface area contributed by atoms with Crippen molar-refractivity contribution in [2.75, 3.05) is 24.3 Å². The Hall–Kier alpha value is -1.95. The maximum Gasteiger partial charge on any atom is 0.234 e. The lowest BCUT2D eigenvalue weighted by Gasteiger charge is -2.10. The molecule has 0 radical (unpaired) electrons. The number of hydrogen-bond donors (Lipinski definition) is 1. The summed E-state index contributed by atoms with van der Waals surface area (Å²) in [5, 5.41) is 4.05. The Morgan fingerprint density at radius 1 is 1.48 bits per heavy atom. The van der Waals surface area contributed by atoms with Gasteiger partial charge in [-0.05, 0) is 23.8 Å². The van der Waals surface area contributed by atoms with Gasteiger partial charge in [0.05, 0.1) is 7.11 Å². The average Bonchev–Trinajstić information content (AvgIpc) is 3.13. The van der Waals surface area contributed by atoms with E-state index in [2.05, 4.69) is 17.8 Å². The first-order valence-electron chi connectivity index (χ1n) is 6.73. The highest BCUT2D eigenvalue weighted by Gasteiger charge is 2.32. The van der Waals surface area contributed by atoms with Gasteiger partial charge in [-0.1, -0.05) is 17.3 Å². The van der Waals surface area contributed by atoms with E-state index in [0.717, 1.165) is 11.3 Å². The molecular weight excluding hydrogens is 288 g/mol.